The van der Waals surface area contributed by atoms with Gasteiger partial charge in [0.25, 0.3) is 5.56 Å². The number of carbonyl (C=O) groups is 1. The highest BCUT2D eigenvalue weighted by atomic mass is 32.1. The number of rotatable bonds is 5. The van der Waals surface area contributed by atoms with Crippen LogP contribution in [-0.2, 0) is 17.9 Å². The van der Waals surface area contributed by atoms with E-state index in [4.69, 9.17) is 0 Å². The maximum atomic E-state index is 13.4. The molecule has 158 valence electrons. The van der Waals surface area contributed by atoms with Crippen molar-refractivity contribution < 1.29 is 13.6 Å². The van der Waals surface area contributed by atoms with E-state index in [1.165, 1.54) is 58.4 Å². The highest BCUT2D eigenvalue weighted by molar-refractivity contribution is 7.17. The summed E-state index contributed by atoms with van der Waals surface area (Å²) in [6, 6.07) is 11.3. The van der Waals surface area contributed by atoms with E-state index in [2.05, 4.69) is 5.32 Å². The molecule has 0 aliphatic carbocycles. The van der Waals surface area contributed by atoms with Crippen molar-refractivity contribution in [3.05, 3.63) is 97.5 Å². The summed E-state index contributed by atoms with van der Waals surface area (Å²) in [5.41, 5.74) is 0.604. The molecule has 0 saturated carbocycles. The normalized spacial score (nSPS) is 11.1. The molecule has 0 fully saturated rings. The first-order valence-corrected chi connectivity index (χ1v) is 10.2. The van der Waals surface area contributed by atoms with Crippen LogP contribution in [-0.4, -0.2) is 15.0 Å². The summed E-state index contributed by atoms with van der Waals surface area (Å²) in [4.78, 5) is 38.5. The molecule has 0 atom stereocenters. The molecule has 0 radical (unpaired) electrons. The van der Waals surface area contributed by atoms with Gasteiger partial charge in [0.15, 0.2) is 0 Å². The Morgan fingerprint density at radius 1 is 1.03 bits per heavy atom. The molecule has 9 heteroatoms. The van der Waals surface area contributed by atoms with Crippen molar-refractivity contribution in [2.75, 3.05) is 5.32 Å². The average Bonchev–Trinajstić information content (AvgIpc) is 3.23. The van der Waals surface area contributed by atoms with E-state index < -0.39 is 23.0 Å². The van der Waals surface area contributed by atoms with Crippen LogP contribution in [0.1, 0.15) is 11.1 Å². The van der Waals surface area contributed by atoms with Gasteiger partial charge in [0.05, 0.1) is 12.1 Å². The second-order valence-electron chi connectivity index (χ2n) is 7.03. The minimum atomic E-state index is -0.648. The fourth-order valence-corrected chi connectivity index (χ4v) is 4.11. The van der Waals surface area contributed by atoms with Crippen LogP contribution in [0.15, 0.2) is 63.5 Å². The summed E-state index contributed by atoms with van der Waals surface area (Å²) in [6.45, 7) is 1.20. The fourth-order valence-electron chi connectivity index (χ4n) is 3.26. The fraction of sp³-hybridized carbons (Fsp3) is 0.136. The molecule has 0 saturated heterocycles. The van der Waals surface area contributed by atoms with Gasteiger partial charge < -0.3 is 5.32 Å². The van der Waals surface area contributed by atoms with E-state index in [9.17, 15) is 23.2 Å². The van der Waals surface area contributed by atoms with Crippen molar-refractivity contribution in [2.45, 2.75) is 20.0 Å². The van der Waals surface area contributed by atoms with Crippen molar-refractivity contribution >= 4 is 33.1 Å². The predicted octanol–water partition coefficient (Wildman–Crippen LogP) is 3.50. The third-order valence-electron chi connectivity index (χ3n) is 4.83. The van der Waals surface area contributed by atoms with Gasteiger partial charge in [-0.05, 0) is 59.8 Å². The highest BCUT2D eigenvalue weighted by Crippen LogP contribution is 2.17. The third kappa shape index (κ3) is 4.17. The van der Waals surface area contributed by atoms with Gasteiger partial charge in [-0.2, -0.15) is 0 Å². The maximum Gasteiger partial charge on any atom is 0.332 e. The Morgan fingerprint density at radius 2 is 1.77 bits per heavy atom. The number of carbonyl (C=O) groups excluding carboxylic acids is 1. The first-order chi connectivity index (χ1) is 14.8. The first kappa shape index (κ1) is 20.7. The molecular formula is C22H17F2N3O3S. The average molecular weight is 441 g/mol. The molecule has 2 aromatic carbocycles. The minimum absolute atomic E-state index is 0.0510. The molecule has 2 aromatic heterocycles. The Kier molecular flexibility index (Phi) is 5.51. The van der Waals surface area contributed by atoms with Gasteiger partial charge in [0.2, 0.25) is 5.91 Å². The molecule has 1 amide bonds. The maximum absolute atomic E-state index is 13.4. The van der Waals surface area contributed by atoms with Crippen LogP contribution >= 0.6 is 11.3 Å². The molecule has 0 spiro atoms. The van der Waals surface area contributed by atoms with Gasteiger partial charge >= 0.3 is 5.69 Å². The van der Waals surface area contributed by atoms with Gasteiger partial charge in [0, 0.05) is 5.69 Å². The van der Waals surface area contributed by atoms with Crippen LogP contribution in [0.3, 0.4) is 0 Å². The number of nitrogens with zero attached hydrogens (tertiary/aromatic N) is 2. The number of thiophene rings is 1. The summed E-state index contributed by atoms with van der Waals surface area (Å²) < 4.78 is 29.2. The summed E-state index contributed by atoms with van der Waals surface area (Å²) in [5.74, 6) is -1.30. The van der Waals surface area contributed by atoms with Crippen LogP contribution in [0.25, 0.3) is 10.2 Å². The summed E-state index contributed by atoms with van der Waals surface area (Å²) in [6.07, 6.45) is 0. The molecule has 0 aliphatic rings. The minimum Gasteiger partial charge on any atom is -0.325 e. The largest absolute Gasteiger partial charge is 0.332 e. The lowest BCUT2D eigenvalue weighted by atomic mass is 10.2. The van der Waals surface area contributed by atoms with Gasteiger partial charge in [-0.15, -0.1) is 11.3 Å². The molecule has 0 aliphatic heterocycles. The Balaban J connectivity index is 1.69. The predicted molar refractivity (Wildman–Crippen MR) is 116 cm³/mol. The van der Waals surface area contributed by atoms with Crippen LogP contribution in [0, 0.1) is 18.6 Å². The van der Waals surface area contributed by atoms with Crippen LogP contribution in [0.2, 0.25) is 0 Å². The molecule has 0 bridgehead atoms. The Hall–Kier alpha value is -3.59. The van der Waals surface area contributed by atoms with E-state index in [0.717, 1.165) is 4.57 Å². The van der Waals surface area contributed by atoms with Crippen molar-refractivity contribution in [1.29, 1.82) is 0 Å². The SMILES string of the molecule is Cc1cc(NC(=O)Cn2c(=O)n(Cc3ccc(F)cc3)c(=O)c3sccc32)ccc1F. The van der Waals surface area contributed by atoms with E-state index in [0.29, 0.717) is 27.0 Å². The number of benzene rings is 2. The zero-order valence-electron chi connectivity index (χ0n) is 16.4. The smallest absolute Gasteiger partial charge is 0.325 e. The number of fused-ring (bicyclic) bond motifs is 1. The Labute approximate surface area is 179 Å². The summed E-state index contributed by atoms with van der Waals surface area (Å²) in [5, 5.41) is 4.31. The lowest BCUT2D eigenvalue weighted by Crippen LogP contribution is -2.41. The first-order valence-electron chi connectivity index (χ1n) is 9.35. The standard InChI is InChI=1S/C22H17F2N3O3S/c1-13-10-16(6-7-17(13)24)25-19(28)12-26-18-8-9-31-20(18)21(29)27(22(26)30)11-14-2-4-15(23)5-3-14/h2-10H,11-12H2,1H3,(H,25,28). The van der Waals surface area contributed by atoms with Crippen LogP contribution < -0.4 is 16.6 Å². The van der Waals surface area contributed by atoms with Crippen LogP contribution in [0.5, 0.6) is 0 Å². The third-order valence-corrected chi connectivity index (χ3v) is 5.73. The Bertz CT molecular complexity index is 1400. The topological polar surface area (TPSA) is 73.1 Å². The van der Waals surface area contributed by atoms with Crippen molar-refractivity contribution in [3.63, 3.8) is 0 Å². The quantitative estimate of drug-likeness (QED) is 0.515. The number of anilines is 1. The van der Waals surface area contributed by atoms with Gasteiger partial charge in [-0.1, -0.05) is 12.1 Å². The number of nitrogens with one attached hydrogen (secondary N) is 1. The second-order valence-corrected chi connectivity index (χ2v) is 7.95. The summed E-state index contributed by atoms with van der Waals surface area (Å²) >= 11 is 1.17. The lowest BCUT2D eigenvalue weighted by Gasteiger charge is -2.13. The molecule has 6 nitrogen and oxygen atoms in total. The molecular weight excluding hydrogens is 424 g/mol. The number of hydrogen-bond acceptors (Lipinski definition) is 4. The van der Waals surface area contributed by atoms with E-state index in [-0.39, 0.29) is 18.9 Å². The van der Waals surface area contributed by atoms with E-state index in [1.54, 1.807) is 18.4 Å². The monoisotopic (exact) mass is 441 g/mol. The number of aromatic nitrogens is 2. The lowest BCUT2D eigenvalue weighted by molar-refractivity contribution is -0.116. The zero-order chi connectivity index (χ0) is 22.1. The Morgan fingerprint density at radius 3 is 2.48 bits per heavy atom. The number of amides is 1. The highest BCUT2D eigenvalue weighted by Gasteiger charge is 2.17. The van der Waals surface area contributed by atoms with Gasteiger partial charge in [-0.3, -0.25) is 18.7 Å². The molecule has 2 heterocycles. The molecule has 0 unspecified atom stereocenters. The molecule has 4 aromatic rings. The zero-order valence-corrected chi connectivity index (χ0v) is 17.2. The van der Waals surface area contributed by atoms with Gasteiger partial charge in [0.1, 0.15) is 22.9 Å². The van der Waals surface area contributed by atoms with E-state index in [1.807, 2.05) is 0 Å². The van der Waals surface area contributed by atoms with Crippen molar-refractivity contribution in [2.24, 2.45) is 0 Å². The van der Waals surface area contributed by atoms with Crippen LogP contribution in [0.4, 0.5) is 14.5 Å². The van der Waals surface area contributed by atoms with Gasteiger partial charge in [-0.25, -0.2) is 13.6 Å². The van der Waals surface area contributed by atoms with Crippen molar-refractivity contribution in [1.82, 2.24) is 9.13 Å². The molecule has 4 rings (SSSR count). The number of halogens is 2. The molecule has 31 heavy (non-hydrogen) atoms. The molecule has 1 N–H and O–H groups in total. The van der Waals surface area contributed by atoms with Crippen molar-refractivity contribution in [3.8, 4) is 0 Å². The number of aryl methyl sites for hydroxylation is 1. The number of hydrogen-bond donors (Lipinski definition) is 1. The second kappa shape index (κ2) is 8.27. The van der Waals surface area contributed by atoms with E-state index >= 15 is 0 Å². The summed E-state index contributed by atoms with van der Waals surface area (Å²) in [7, 11) is 0.